The van der Waals surface area contributed by atoms with E-state index in [0.717, 1.165) is 48.1 Å². The van der Waals surface area contributed by atoms with Gasteiger partial charge in [-0.15, -0.1) is 0 Å². The molecular weight excluding hydrogens is 282 g/mol. The van der Waals surface area contributed by atoms with Gasteiger partial charge >= 0.3 is 0 Å². The quantitative estimate of drug-likeness (QED) is 0.769. The van der Waals surface area contributed by atoms with E-state index in [1.165, 1.54) is 11.1 Å². The second kappa shape index (κ2) is 6.01. The van der Waals surface area contributed by atoms with Crippen LogP contribution in [0.3, 0.4) is 0 Å². The van der Waals surface area contributed by atoms with E-state index in [1.54, 1.807) is 0 Å². The molecule has 3 N–H and O–H groups in total. The number of rotatable bonds is 3. The number of nitrogen functional groups attached to an aromatic ring is 1. The Bertz CT molecular complexity index is 827. The summed E-state index contributed by atoms with van der Waals surface area (Å²) >= 11 is 0. The molecule has 3 nitrogen and oxygen atoms in total. The molecule has 1 aromatic heterocycles. The van der Waals surface area contributed by atoms with Gasteiger partial charge in [-0.2, -0.15) is 0 Å². The molecule has 0 saturated heterocycles. The first-order valence-electron chi connectivity index (χ1n) is 8.27. The van der Waals surface area contributed by atoms with Crippen LogP contribution in [0.4, 0.5) is 5.69 Å². The fraction of sp³-hybridized carbons (Fsp3) is 0.250. The van der Waals surface area contributed by atoms with Crippen LogP contribution in [0.2, 0.25) is 0 Å². The van der Waals surface area contributed by atoms with Crippen molar-refractivity contribution in [2.45, 2.75) is 31.8 Å². The molecule has 0 aliphatic heterocycles. The zero-order valence-electron chi connectivity index (χ0n) is 13.1. The molecule has 1 aliphatic rings. The zero-order chi connectivity index (χ0) is 15.6. The molecular formula is C20H21N3. The summed E-state index contributed by atoms with van der Waals surface area (Å²) in [5, 5.41) is 4.75. The summed E-state index contributed by atoms with van der Waals surface area (Å²) in [6.45, 7) is 0.858. The third-order valence-corrected chi connectivity index (χ3v) is 4.70. The van der Waals surface area contributed by atoms with Crippen molar-refractivity contribution in [1.82, 2.24) is 10.3 Å². The summed E-state index contributed by atoms with van der Waals surface area (Å²) in [7, 11) is 0. The molecule has 0 amide bonds. The van der Waals surface area contributed by atoms with Crippen LogP contribution in [-0.2, 0) is 13.0 Å². The van der Waals surface area contributed by atoms with Gasteiger partial charge in [0.25, 0.3) is 0 Å². The van der Waals surface area contributed by atoms with Crippen molar-refractivity contribution in [1.29, 1.82) is 0 Å². The molecule has 2 aromatic carbocycles. The zero-order valence-corrected chi connectivity index (χ0v) is 13.1. The molecule has 1 unspecified atom stereocenters. The van der Waals surface area contributed by atoms with Gasteiger partial charge in [0.1, 0.15) is 0 Å². The van der Waals surface area contributed by atoms with Crippen molar-refractivity contribution in [3.8, 4) is 0 Å². The second-order valence-electron chi connectivity index (χ2n) is 6.21. The number of aryl methyl sites for hydroxylation is 1. The van der Waals surface area contributed by atoms with Crippen molar-refractivity contribution in [3.05, 3.63) is 71.4 Å². The molecule has 1 atom stereocenters. The summed E-state index contributed by atoms with van der Waals surface area (Å²) in [5.74, 6) is 0. The van der Waals surface area contributed by atoms with Crippen molar-refractivity contribution < 1.29 is 0 Å². The van der Waals surface area contributed by atoms with Crippen molar-refractivity contribution in [2.24, 2.45) is 0 Å². The number of nitrogens with one attached hydrogen (secondary N) is 1. The highest BCUT2D eigenvalue weighted by Crippen LogP contribution is 2.36. The minimum absolute atomic E-state index is 0.288. The molecule has 23 heavy (non-hydrogen) atoms. The third kappa shape index (κ3) is 2.68. The Morgan fingerprint density at radius 3 is 2.70 bits per heavy atom. The minimum atomic E-state index is 0.288. The molecule has 116 valence electrons. The monoisotopic (exact) mass is 303 g/mol. The maximum atomic E-state index is 6.52. The predicted octanol–water partition coefficient (Wildman–Crippen LogP) is 3.98. The van der Waals surface area contributed by atoms with Gasteiger partial charge in [0.2, 0.25) is 0 Å². The van der Waals surface area contributed by atoms with Gasteiger partial charge in [-0.3, -0.25) is 4.98 Å². The van der Waals surface area contributed by atoms with Gasteiger partial charge in [-0.05, 0) is 30.9 Å². The van der Waals surface area contributed by atoms with Crippen LogP contribution in [0.15, 0.2) is 54.6 Å². The SMILES string of the molecule is Nc1c2c(nc3ccccc13)CCCC2NCc1ccccc1. The number of nitrogens with zero attached hydrogens (tertiary/aromatic N) is 1. The number of nitrogens with two attached hydrogens (primary N) is 1. The molecule has 0 saturated carbocycles. The normalized spacial score (nSPS) is 17.1. The molecule has 4 rings (SSSR count). The number of anilines is 1. The van der Waals surface area contributed by atoms with E-state index < -0.39 is 0 Å². The Labute approximate surface area is 136 Å². The number of aromatic nitrogens is 1. The van der Waals surface area contributed by atoms with E-state index in [0.29, 0.717) is 0 Å². The summed E-state index contributed by atoms with van der Waals surface area (Å²) < 4.78 is 0. The molecule has 0 radical (unpaired) electrons. The molecule has 0 fully saturated rings. The highest BCUT2D eigenvalue weighted by molar-refractivity contribution is 5.92. The van der Waals surface area contributed by atoms with Crippen molar-refractivity contribution in [3.63, 3.8) is 0 Å². The van der Waals surface area contributed by atoms with Crippen LogP contribution < -0.4 is 11.1 Å². The molecule has 1 heterocycles. The average molecular weight is 303 g/mol. The average Bonchev–Trinajstić information content (AvgIpc) is 2.61. The lowest BCUT2D eigenvalue weighted by atomic mass is 9.88. The molecule has 0 spiro atoms. The number of hydrogen-bond donors (Lipinski definition) is 2. The molecule has 3 heteroatoms. The van der Waals surface area contributed by atoms with Crippen molar-refractivity contribution in [2.75, 3.05) is 5.73 Å². The van der Waals surface area contributed by atoms with Gasteiger partial charge in [0, 0.05) is 34.9 Å². The molecule has 0 bridgehead atoms. The highest BCUT2D eigenvalue weighted by atomic mass is 14.9. The van der Waals surface area contributed by atoms with E-state index in [2.05, 4.69) is 35.6 Å². The lowest BCUT2D eigenvalue weighted by Gasteiger charge is -2.28. The fourth-order valence-electron chi connectivity index (χ4n) is 3.54. The van der Waals surface area contributed by atoms with E-state index >= 15 is 0 Å². The van der Waals surface area contributed by atoms with E-state index in [1.807, 2.05) is 24.3 Å². The minimum Gasteiger partial charge on any atom is -0.398 e. The van der Waals surface area contributed by atoms with Gasteiger partial charge < -0.3 is 11.1 Å². The number of hydrogen-bond acceptors (Lipinski definition) is 3. The van der Waals surface area contributed by atoms with Gasteiger partial charge in [0.05, 0.1) is 5.52 Å². The predicted molar refractivity (Wildman–Crippen MR) is 95.1 cm³/mol. The maximum Gasteiger partial charge on any atom is 0.0726 e. The smallest absolute Gasteiger partial charge is 0.0726 e. The first kappa shape index (κ1) is 14.2. The Hall–Kier alpha value is -2.39. The van der Waals surface area contributed by atoms with E-state index in [-0.39, 0.29) is 6.04 Å². The summed E-state index contributed by atoms with van der Waals surface area (Å²) in [6, 6.07) is 19.0. The first-order valence-corrected chi connectivity index (χ1v) is 8.27. The number of pyridine rings is 1. The topological polar surface area (TPSA) is 50.9 Å². The number of fused-ring (bicyclic) bond motifs is 2. The van der Waals surface area contributed by atoms with E-state index in [4.69, 9.17) is 10.7 Å². The summed E-state index contributed by atoms with van der Waals surface area (Å²) in [6.07, 6.45) is 3.29. The van der Waals surface area contributed by atoms with Gasteiger partial charge in [0.15, 0.2) is 0 Å². The Morgan fingerprint density at radius 2 is 1.83 bits per heavy atom. The fourth-order valence-corrected chi connectivity index (χ4v) is 3.54. The Kier molecular flexibility index (Phi) is 3.72. The first-order chi connectivity index (χ1) is 11.3. The number of para-hydroxylation sites is 1. The maximum absolute atomic E-state index is 6.52. The lowest BCUT2D eigenvalue weighted by molar-refractivity contribution is 0.456. The largest absolute Gasteiger partial charge is 0.398 e. The third-order valence-electron chi connectivity index (χ3n) is 4.70. The van der Waals surface area contributed by atoms with Gasteiger partial charge in [-0.1, -0.05) is 48.5 Å². The van der Waals surface area contributed by atoms with E-state index in [9.17, 15) is 0 Å². The molecule has 3 aromatic rings. The van der Waals surface area contributed by atoms with Crippen LogP contribution >= 0.6 is 0 Å². The van der Waals surface area contributed by atoms with Crippen LogP contribution in [0.25, 0.3) is 10.9 Å². The summed E-state index contributed by atoms with van der Waals surface area (Å²) in [4.78, 5) is 4.86. The standard InChI is InChI=1S/C20H21N3/c21-20-15-9-4-5-10-16(15)23-18-12-6-11-17(19(18)20)22-13-14-7-2-1-3-8-14/h1-5,7-10,17,22H,6,11-13H2,(H2,21,23). The molecule has 1 aliphatic carbocycles. The lowest BCUT2D eigenvalue weighted by Crippen LogP contribution is -2.26. The van der Waals surface area contributed by atoms with Crippen LogP contribution in [0.1, 0.15) is 35.7 Å². The summed E-state index contributed by atoms with van der Waals surface area (Å²) in [5.41, 5.74) is 12.1. The highest BCUT2D eigenvalue weighted by Gasteiger charge is 2.24. The van der Waals surface area contributed by atoms with Crippen LogP contribution in [0, 0.1) is 0 Å². The number of benzene rings is 2. The Morgan fingerprint density at radius 1 is 1.04 bits per heavy atom. The Balaban J connectivity index is 1.68. The van der Waals surface area contributed by atoms with Crippen molar-refractivity contribution >= 4 is 16.6 Å². The second-order valence-corrected chi connectivity index (χ2v) is 6.21. The van der Waals surface area contributed by atoms with Crippen LogP contribution in [0.5, 0.6) is 0 Å². The van der Waals surface area contributed by atoms with Gasteiger partial charge in [-0.25, -0.2) is 0 Å². The van der Waals surface area contributed by atoms with Crippen LogP contribution in [-0.4, -0.2) is 4.98 Å².